The molecule has 2 aromatic carbocycles. The molecule has 0 spiro atoms. The van der Waals surface area contributed by atoms with Gasteiger partial charge in [0.25, 0.3) is 5.91 Å². The number of anilines is 2. The number of hydrogen-bond acceptors (Lipinski definition) is 6. The summed E-state index contributed by atoms with van der Waals surface area (Å²) in [6, 6.07) is 16.4. The van der Waals surface area contributed by atoms with Gasteiger partial charge in [-0.05, 0) is 54.1 Å². The molecule has 3 N–H and O–H groups in total. The molecule has 38 heavy (non-hydrogen) atoms. The predicted molar refractivity (Wildman–Crippen MR) is 135 cm³/mol. The Balaban J connectivity index is 1.30. The van der Waals surface area contributed by atoms with Crippen molar-refractivity contribution in [1.82, 2.24) is 15.3 Å². The van der Waals surface area contributed by atoms with Gasteiger partial charge in [0, 0.05) is 43.3 Å². The number of nitrogens with one attached hydrogen (secondary N) is 3. The van der Waals surface area contributed by atoms with Crippen molar-refractivity contribution < 1.29 is 27.9 Å². The number of aromatic nitrogens is 2. The van der Waals surface area contributed by atoms with E-state index in [1.807, 2.05) is 0 Å². The first kappa shape index (κ1) is 25.9. The molecule has 2 heterocycles. The third-order valence-corrected chi connectivity index (χ3v) is 5.25. The Hall–Kier alpha value is -5.19. The highest BCUT2D eigenvalue weighted by Crippen LogP contribution is 2.23. The first-order valence-corrected chi connectivity index (χ1v) is 11.3. The monoisotopic (exact) mass is 517 g/mol. The van der Waals surface area contributed by atoms with Crippen LogP contribution in [0.5, 0.6) is 11.5 Å². The summed E-state index contributed by atoms with van der Waals surface area (Å²) in [6.07, 6.45) is 2.18. The zero-order valence-corrected chi connectivity index (χ0v) is 20.0. The fourth-order valence-electron chi connectivity index (χ4n) is 3.41. The Morgan fingerprint density at radius 3 is 2.08 bits per heavy atom. The number of pyridine rings is 2. The second kappa shape index (κ2) is 11.7. The Kier molecular flexibility index (Phi) is 7.97. The Morgan fingerprint density at radius 2 is 1.45 bits per heavy atom. The third-order valence-electron chi connectivity index (χ3n) is 5.25. The van der Waals surface area contributed by atoms with E-state index in [1.54, 1.807) is 54.6 Å². The van der Waals surface area contributed by atoms with Crippen LogP contribution in [0.2, 0.25) is 0 Å². The molecule has 0 saturated carbocycles. The number of hydrogen-bond donors (Lipinski definition) is 3. The first-order valence-electron chi connectivity index (χ1n) is 11.3. The quantitative estimate of drug-likeness (QED) is 0.224. The van der Waals surface area contributed by atoms with E-state index in [9.17, 15) is 23.2 Å². The van der Waals surface area contributed by atoms with Crippen LogP contribution in [0.3, 0.4) is 0 Å². The molecule has 0 aliphatic carbocycles. The lowest BCUT2D eigenvalue weighted by atomic mass is 10.0. The number of carbonyl (C=O) groups is 3. The highest BCUT2D eigenvalue weighted by atomic mass is 19.1. The van der Waals surface area contributed by atoms with Crippen LogP contribution in [-0.4, -0.2) is 34.7 Å². The predicted octanol–water partition coefficient (Wildman–Crippen LogP) is 4.98. The van der Waals surface area contributed by atoms with Crippen LogP contribution in [0.1, 0.15) is 26.4 Å². The molecule has 4 rings (SSSR count). The Labute approximate surface area is 215 Å². The summed E-state index contributed by atoms with van der Waals surface area (Å²) in [5, 5.41) is 7.83. The first-order chi connectivity index (χ1) is 18.3. The SMILES string of the molecule is CNC(=O)c1cc(Oc2ccc(NC(=O)Nc3ccc(CC(=O)c4c(F)ccnc4F)cc3)cc2)ccn1. The van der Waals surface area contributed by atoms with Gasteiger partial charge in [0.15, 0.2) is 5.78 Å². The molecule has 0 bridgehead atoms. The van der Waals surface area contributed by atoms with Crippen LogP contribution >= 0.6 is 0 Å². The maximum Gasteiger partial charge on any atom is 0.323 e. The fraction of sp³-hybridized carbons (Fsp3) is 0.0741. The number of halogens is 2. The fourth-order valence-corrected chi connectivity index (χ4v) is 3.41. The molecule has 192 valence electrons. The standard InChI is InChI=1S/C27H21F2N5O4/c1-30-26(36)22-15-20(10-12-31-22)38-19-8-6-18(7-9-19)34-27(37)33-17-4-2-16(3-5-17)14-23(35)24-21(28)11-13-32-25(24)29/h2-13,15H,14H2,1H3,(H,30,36)(H2,33,34,37). The highest BCUT2D eigenvalue weighted by molar-refractivity contribution is 6.00. The zero-order chi connectivity index (χ0) is 27.1. The summed E-state index contributed by atoms with van der Waals surface area (Å²) in [6.45, 7) is 0. The molecule has 0 fully saturated rings. The van der Waals surface area contributed by atoms with E-state index < -0.39 is 29.1 Å². The van der Waals surface area contributed by atoms with Gasteiger partial charge in [-0.25, -0.2) is 14.2 Å². The van der Waals surface area contributed by atoms with Gasteiger partial charge in [-0.3, -0.25) is 14.6 Å². The summed E-state index contributed by atoms with van der Waals surface area (Å²) < 4.78 is 33.2. The number of rotatable bonds is 8. The largest absolute Gasteiger partial charge is 0.457 e. The lowest BCUT2D eigenvalue weighted by Crippen LogP contribution is -2.19. The third kappa shape index (κ3) is 6.52. The van der Waals surface area contributed by atoms with Crippen LogP contribution in [0.15, 0.2) is 79.1 Å². The number of nitrogens with zero attached hydrogens (tertiary/aromatic N) is 2. The van der Waals surface area contributed by atoms with Gasteiger partial charge in [0.1, 0.15) is 28.6 Å². The van der Waals surface area contributed by atoms with Crippen molar-refractivity contribution in [2.24, 2.45) is 0 Å². The second-order valence-corrected chi connectivity index (χ2v) is 7.92. The van der Waals surface area contributed by atoms with Crippen molar-refractivity contribution in [3.05, 3.63) is 108 Å². The number of carbonyl (C=O) groups excluding carboxylic acids is 3. The molecular formula is C27H21F2N5O4. The molecule has 0 unspecified atom stereocenters. The maximum absolute atomic E-state index is 13.8. The summed E-state index contributed by atoms with van der Waals surface area (Å²) in [4.78, 5) is 43.7. The summed E-state index contributed by atoms with van der Waals surface area (Å²) in [5.41, 5.74) is 0.993. The van der Waals surface area contributed by atoms with Crippen LogP contribution in [0, 0.1) is 11.8 Å². The lowest BCUT2D eigenvalue weighted by molar-refractivity contribution is 0.0955. The summed E-state index contributed by atoms with van der Waals surface area (Å²) in [7, 11) is 1.51. The van der Waals surface area contributed by atoms with Crippen molar-refractivity contribution in [2.75, 3.05) is 17.7 Å². The Bertz CT molecular complexity index is 1460. The minimum atomic E-state index is -1.16. The molecule has 9 nitrogen and oxygen atoms in total. The van der Waals surface area contributed by atoms with Crippen molar-refractivity contribution in [3.63, 3.8) is 0 Å². The topological polar surface area (TPSA) is 122 Å². The van der Waals surface area contributed by atoms with Crippen LogP contribution < -0.4 is 20.7 Å². The van der Waals surface area contributed by atoms with E-state index in [0.717, 1.165) is 12.3 Å². The summed E-state index contributed by atoms with van der Waals surface area (Å²) in [5.74, 6) is -2.28. The van der Waals surface area contributed by atoms with E-state index >= 15 is 0 Å². The number of benzene rings is 2. The molecule has 0 saturated heterocycles. The van der Waals surface area contributed by atoms with Gasteiger partial charge in [0.2, 0.25) is 5.95 Å². The highest BCUT2D eigenvalue weighted by Gasteiger charge is 2.18. The molecule has 0 atom stereocenters. The van der Waals surface area contributed by atoms with Crippen molar-refractivity contribution in [2.45, 2.75) is 6.42 Å². The van der Waals surface area contributed by atoms with Gasteiger partial charge < -0.3 is 20.7 Å². The molecule has 0 aliphatic rings. The number of urea groups is 1. The van der Waals surface area contributed by atoms with Gasteiger partial charge in [-0.15, -0.1) is 0 Å². The van der Waals surface area contributed by atoms with Crippen LogP contribution in [0.25, 0.3) is 0 Å². The van der Waals surface area contributed by atoms with Crippen molar-refractivity contribution in [3.8, 4) is 11.5 Å². The number of Topliss-reactive ketones (excluding diaryl/α,β-unsaturated/α-hetero) is 1. The lowest BCUT2D eigenvalue weighted by Gasteiger charge is -2.10. The molecule has 2 aromatic heterocycles. The number of amides is 3. The van der Waals surface area contributed by atoms with Crippen molar-refractivity contribution >= 4 is 29.1 Å². The van der Waals surface area contributed by atoms with E-state index in [2.05, 4.69) is 25.9 Å². The van der Waals surface area contributed by atoms with Gasteiger partial charge in [-0.1, -0.05) is 12.1 Å². The van der Waals surface area contributed by atoms with Gasteiger partial charge >= 0.3 is 6.03 Å². The minimum Gasteiger partial charge on any atom is -0.457 e. The maximum atomic E-state index is 13.8. The van der Waals surface area contributed by atoms with Crippen molar-refractivity contribution in [1.29, 1.82) is 0 Å². The number of ether oxygens (including phenoxy) is 1. The average molecular weight is 517 g/mol. The normalized spacial score (nSPS) is 10.4. The zero-order valence-electron chi connectivity index (χ0n) is 20.0. The minimum absolute atomic E-state index is 0.218. The summed E-state index contributed by atoms with van der Waals surface area (Å²) >= 11 is 0. The average Bonchev–Trinajstić information content (AvgIpc) is 2.90. The van der Waals surface area contributed by atoms with Crippen LogP contribution in [-0.2, 0) is 6.42 Å². The molecule has 4 aromatic rings. The van der Waals surface area contributed by atoms with Crippen LogP contribution in [0.4, 0.5) is 25.0 Å². The van der Waals surface area contributed by atoms with Gasteiger partial charge in [-0.2, -0.15) is 4.39 Å². The molecule has 3 amide bonds. The second-order valence-electron chi connectivity index (χ2n) is 7.92. The van der Waals surface area contributed by atoms with E-state index in [4.69, 9.17) is 4.74 Å². The van der Waals surface area contributed by atoms with E-state index in [1.165, 1.54) is 19.3 Å². The smallest absolute Gasteiger partial charge is 0.323 e. The van der Waals surface area contributed by atoms with E-state index in [-0.39, 0.29) is 18.0 Å². The molecule has 0 radical (unpaired) electrons. The molecule has 0 aliphatic heterocycles. The molecular weight excluding hydrogens is 496 g/mol. The van der Waals surface area contributed by atoms with Gasteiger partial charge in [0.05, 0.1) is 0 Å². The Morgan fingerprint density at radius 1 is 0.816 bits per heavy atom. The van der Waals surface area contributed by atoms with E-state index in [0.29, 0.717) is 28.4 Å². The molecule has 11 heteroatoms. The number of ketones is 1.